The standard InChI is InChI=1S/C11H12N2O2/c1-3-8-9(11(14)15)7-5-4-6-12-10(7)13(8)2/h4-6H,3H2,1-2H3,(H,14,15). The number of carboxylic acid groups (broad SMARTS) is 1. The zero-order valence-electron chi connectivity index (χ0n) is 8.69. The van der Waals surface area contributed by atoms with Crippen LogP contribution < -0.4 is 0 Å². The molecule has 0 amide bonds. The molecule has 78 valence electrons. The van der Waals surface area contributed by atoms with E-state index < -0.39 is 5.97 Å². The van der Waals surface area contributed by atoms with Gasteiger partial charge < -0.3 is 9.67 Å². The summed E-state index contributed by atoms with van der Waals surface area (Å²) in [4.78, 5) is 15.4. The molecule has 0 aliphatic rings. The molecule has 1 N–H and O–H groups in total. The Kier molecular flexibility index (Phi) is 2.19. The zero-order valence-corrected chi connectivity index (χ0v) is 8.69. The summed E-state index contributed by atoms with van der Waals surface area (Å²) < 4.78 is 1.85. The maximum absolute atomic E-state index is 11.2. The Morgan fingerprint density at radius 1 is 1.60 bits per heavy atom. The van der Waals surface area contributed by atoms with Crippen LogP contribution >= 0.6 is 0 Å². The number of pyridine rings is 1. The van der Waals surface area contributed by atoms with Gasteiger partial charge in [-0.1, -0.05) is 6.92 Å². The Labute approximate surface area is 87.2 Å². The summed E-state index contributed by atoms with van der Waals surface area (Å²) in [6, 6.07) is 3.55. The van der Waals surface area contributed by atoms with Crippen molar-refractivity contribution in [3.63, 3.8) is 0 Å². The minimum atomic E-state index is -0.884. The molecule has 0 bridgehead atoms. The molecule has 2 aromatic heterocycles. The van der Waals surface area contributed by atoms with E-state index in [2.05, 4.69) is 4.98 Å². The van der Waals surface area contributed by atoms with E-state index in [0.29, 0.717) is 17.4 Å². The second-order valence-electron chi connectivity index (χ2n) is 3.41. The van der Waals surface area contributed by atoms with Crippen LogP contribution in [0.15, 0.2) is 18.3 Å². The van der Waals surface area contributed by atoms with Gasteiger partial charge >= 0.3 is 5.97 Å². The van der Waals surface area contributed by atoms with Crippen molar-refractivity contribution in [1.82, 2.24) is 9.55 Å². The maximum Gasteiger partial charge on any atom is 0.338 e. The lowest BCUT2D eigenvalue weighted by atomic mass is 10.1. The van der Waals surface area contributed by atoms with E-state index in [0.717, 1.165) is 11.3 Å². The molecule has 4 nitrogen and oxygen atoms in total. The van der Waals surface area contributed by atoms with Crippen LogP contribution in [0, 0.1) is 0 Å². The molecule has 2 heterocycles. The molecule has 0 saturated carbocycles. The summed E-state index contributed by atoms with van der Waals surface area (Å²) in [6.07, 6.45) is 2.36. The Balaban J connectivity index is 2.91. The second kappa shape index (κ2) is 3.38. The van der Waals surface area contributed by atoms with Gasteiger partial charge in [0.05, 0.1) is 5.56 Å². The van der Waals surface area contributed by atoms with Crippen LogP contribution in [0.2, 0.25) is 0 Å². The molecular weight excluding hydrogens is 192 g/mol. The lowest BCUT2D eigenvalue weighted by molar-refractivity contribution is 0.0697. The highest BCUT2D eigenvalue weighted by molar-refractivity contribution is 6.04. The molecule has 4 heteroatoms. The van der Waals surface area contributed by atoms with E-state index >= 15 is 0 Å². The van der Waals surface area contributed by atoms with E-state index in [-0.39, 0.29) is 0 Å². The smallest absolute Gasteiger partial charge is 0.338 e. The van der Waals surface area contributed by atoms with Crippen LogP contribution in [-0.2, 0) is 13.5 Å². The molecule has 0 aliphatic heterocycles. The number of nitrogens with zero attached hydrogens (tertiary/aromatic N) is 2. The van der Waals surface area contributed by atoms with Crippen LogP contribution in [0.5, 0.6) is 0 Å². The summed E-state index contributed by atoms with van der Waals surface area (Å²) >= 11 is 0. The molecule has 0 spiro atoms. The van der Waals surface area contributed by atoms with Crippen molar-refractivity contribution in [2.24, 2.45) is 7.05 Å². The normalized spacial score (nSPS) is 10.8. The number of fused-ring (bicyclic) bond motifs is 1. The average molecular weight is 204 g/mol. The summed E-state index contributed by atoms with van der Waals surface area (Å²) in [6.45, 7) is 1.95. The van der Waals surface area contributed by atoms with Gasteiger partial charge in [0.1, 0.15) is 5.65 Å². The number of rotatable bonds is 2. The van der Waals surface area contributed by atoms with E-state index in [1.807, 2.05) is 18.5 Å². The van der Waals surface area contributed by atoms with Gasteiger partial charge in [-0.15, -0.1) is 0 Å². The number of carboxylic acids is 1. The Morgan fingerprint density at radius 2 is 2.33 bits per heavy atom. The quantitative estimate of drug-likeness (QED) is 0.812. The lowest BCUT2D eigenvalue weighted by Crippen LogP contribution is -2.02. The van der Waals surface area contributed by atoms with Crippen molar-refractivity contribution in [3.8, 4) is 0 Å². The third-order valence-electron chi connectivity index (χ3n) is 2.62. The van der Waals surface area contributed by atoms with E-state index in [1.165, 1.54) is 0 Å². The first-order chi connectivity index (χ1) is 7.16. The number of aromatic carboxylic acids is 1. The first kappa shape index (κ1) is 9.71. The second-order valence-corrected chi connectivity index (χ2v) is 3.41. The van der Waals surface area contributed by atoms with Crippen molar-refractivity contribution < 1.29 is 9.90 Å². The molecule has 2 aromatic rings. The molecule has 0 aromatic carbocycles. The predicted molar refractivity (Wildman–Crippen MR) is 57.1 cm³/mol. The number of hydrogen-bond acceptors (Lipinski definition) is 2. The Bertz CT molecular complexity index is 529. The van der Waals surface area contributed by atoms with E-state index in [1.54, 1.807) is 18.3 Å². The van der Waals surface area contributed by atoms with Gasteiger partial charge in [0.15, 0.2) is 0 Å². The number of carbonyl (C=O) groups is 1. The van der Waals surface area contributed by atoms with Gasteiger partial charge in [0, 0.05) is 24.3 Å². The summed E-state index contributed by atoms with van der Waals surface area (Å²) in [5.41, 5.74) is 1.92. The maximum atomic E-state index is 11.2. The zero-order chi connectivity index (χ0) is 11.0. The van der Waals surface area contributed by atoms with Crippen molar-refractivity contribution in [1.29, 1.82) is 0 Å². The third kappa shape index (κ3) is 1.29. The summed E-state index contributed by atoms with van der Waals surface area (Å²) in [5.74, 6) is -0.884. The fraction of sp³-hybridized carbons (Fsp3) is 0.273. The number of aromatic nitrogens is 2. The molecule has 2 rings (SSSR count). The molecule has 0 unspecified atom stereocenters. The van der Waals surface area contributed by atoms with Crippen LogP contribution in [0.3, 0.4) is 0 Å². The molecule has 0 atom stereocenters. The van der Waals surface area contributed by atoms with E-state index in [4.69, 9.17) is 5.11 Å². The highest BCUT2D eigenvalue weighted by Gasteiger charge is 2.19. The van der Waals surface area contributed by atoms with Gasteiger partial charge in [-0.2, -0.15) is 0 Å². The SMILES string of the molecule is CCc1c(C(=O)O)c2cccnc2n1C. The van der Waals surface area contributed by atoms with Gasteiger partial charge in [-0.3, -0.25) is 0 Å². The van der Waals surface area contributed by atoms with Gasteiger partial charge in [0.25, 0.3) is 0 Å². The predicted octanol–water partition coefficient (Wildman–Crippen LogP) is 1.83. The monoisotopic (exact) mass is 204 g/mol. The summed E-state index contributed by atoms with van der Waals surface area (Å²) in [5, 5.41) is 9.88. The van der Waals surface area contributed by atoms with Crippen molar-refractivity contribution in [3.05, 3.63) is 29.6 Å². The largest absolute Gasteiger partial charge is 0.478 e. The molecular formula is C11H12N2O2. The highest BCUT2D eigenvalue weighted by Crippen LogP contribution is 2.23. The fourth-order valence-corrected chi connectivity index (χ4v) is 1.96. The molecule has 15 heavy (non-hydrogen) atoms. The third-order valence-corrected chi connectivity index (χ3v) is 2.62. The average Bonchev–Trinajstić information content (AvgIpc) is 2.52. The fourth-order valence-electron chi connectivity index (χ4n) is 1.96. The minimum absolute atomic E-state index is 0.378. The number of aryl methyl sites for hydroxylation is 1. The van der Waals surface area contributed by atoms with Crippen molar-refractivity contribution >= 4 is 17.0 Å². The first-order valence-corrected chi connectivity index (χ1v) is 4.82. The first-order valence-electron chi connectivity index (χ1n) is 4.82. The van der Waals surface area contributed by atoms with E-state index in [9.17, 15) is 4.79 Å². The minimum Gasteiger partial charge on any atom is -0.478 e. The molecule has 0 saturated heterocycles. The highest BCUT2D eigenvalue weighted by atomic mass is 16.4. The van der Waals surface area contributed by atoms with Crippen LogP contribution in [0.1, 0.15) is 23.0 Å². The molecule has 0 radical (unpaired) electrons. The van der Waals surface area contributed by atoms with Gasteiger partial charge in [0.2, 0.25) is 0 Å². The van der Waals surface area contributed by atoms with Crippen LogP contribution in [0.25, 0.3) is 11.0 Å². The van der Waals surface area contributed by atoms with Crippen molar-refractivity contribution in [2.75, 3.05) is 0 Å². The molecule has 0 fully saturated rings. The van der Waals surface area contributed by atoms with Gasteiger partial charge in [-0.05, 0) is 18.6 Å². The van der Waals surface area contributed by atoms with Crippen molar-refractivity contribution in [2.45, 2.75) is 13.3 Å². The number of hydrogen-bond donors (Lipinski definition) is 1. The topological polar surface area (TPSA) is 55.1 Å². The van der Waals surface area contributed by atoms with Crippen LogP contribution in [-0.4, -0.2) is 20.6 Å². The Hall–Kier alpha value is -1.84. The van der Waals surface area contributed by atoms with Gasteiger partial charge in [-0.25, -0.2) is 9.78 Å². The lowest BCUT2D eigenvalue weighted by Gasteiger charge is -2.00. The molecule has 0 aliphatic carbocycles. The summed E-state index contributed by atoms with van der Waals surface area (Å²) in [7, 11) is 1.85. The Morgan fingerprint density at radius 3 is 2.93 bits per heavy atom. The van der Waals surface area contributed by atoms with Crippen LogP contribution in [0.4, 0.5) is 0 Å².